The Bertz CT molecular complexity index is 576. The zero-order valence-corrected chi connectivity index (χ0v) is 10.9. The number of thiophene rings is 1. The molecule has 2 aromatic heterocycles. The molecule has 4 nitrogen and oxygen atoms in total. The first-order valence-electron chi connectivity index (χ1n) is 4.69. The molecular weight excluding hydrogens is 292 g/mol. The second-order valence-electron chi connectivity index (χ2n) is 3.17. The second-order valence-corrected chi connectivity index (χ2v) is 5.13. The summed E-state index contributed by atoms with van der Waals surface area (Å²) in [5.74, 6) is 0.112. The highest BCUT2D eigenvalue weighted by atomic mass is 79.9. The third-order valence-corrected chi connectivity index (χ3v) is 4.04. The Kier molecular flexibility index (Phi) is 3.11. The minimum Gasteiger partial charge on any atom is -0.492 e. The van der Waals surface area contributed by atoms with Crippen molar-refractivity contribution >= 4 is 27.3 Å². The molecule has 0 radical (unpaired) electrons. The van der Waals surface area contributed by atoms with Crippen LogP contribution < -0.4 is 5.56 Å². The van der Waals surface area contributed by atoms with Crippen molar-refractivity contribution in [2.45, 2.75) is 13.3 Å². The molecule has 0 aliphatic rings. The van der Waals surface area contributed by atoms with Crippen LogP contribution in [-0.4, -0.2) is 15.1 Å². The van der Waals surface area contributed by atoms with Crippen LogP contribution in [0.1, 0.15) is 11.8 Å². The third-order valence-electron chi connectivity index (χ3n) is 2.09. The van der Waals surface area contributed by atoms with Crippen molar-refractivity contribution in [3.63, 3.8) is 0 Å². The van der Waals surface area contributed by atoms with Crippen molar-refractivity contribution in [1.82, 2.24) is 9.97 Å². The van der Waals surface area contributed by atoms with Gasteiger partial charge in [0.05, 0.1) is 4.88 Å². The molecule has 0 aliphatic heterocycles. The van der Waals surface area contributed by atoms with E-state index in [2.05, 4.69) is 32.8 Å². The molecular formula is C10H9BrN2O2S. The molecule has 0 atom stereocenters. The fourth-order valence-corrected chi connectivity index (χ4v) is 2.34. The number of nitrogens with one attached hydrogen (secondary N) is 1. The zero-order chi connectivity index (χ0) is 11.7. The van der Waals surface area contributed by atoms with Gasteiger partial charge in [0.1, 0.15) is 4.47 Å². The van der Waals surface area contributed by atoms with Gasteiger partial charge in [-0.15, -0.1) is 11.3 Å². The summed E-state index contributed by atoms with van der Waals surface area (Å²) in [6.45, 7) is 2.06. The van der Waals surface area contributed by atoms with Crippen LogP contribution in [0.25, 0.3) is 10.7 Å². The Labute approximate surface area is 104 Å². The lowest BCUT2D eigenvalue weighted by molar-refractivity contribution is 0.448. The van der Waals surface area contributed by atoms with Gasteiger partial charge in [0, 0.05) is 4.88 Å². The average molecular weight is 301 g/mol. The summed E-state index contributed by atoms with van der Waals surface area (Å²) < 4.78 is 0.0588. The molecule has 0 aromatic carbocycles. The van der Waals surface area contributed by atoms with Gasteiger partial charge in [-0.2, -0.15) is 4.98 Å². The maximum atomic E-state index is 11.4. The van der Waals surface area contributed by atoms with Gasteiger partial charge in [-0.25, -0.2) is 0 Å². The number of H-pyrrole nitrogens is 1. The highest BCUT2D eigenvalue weighted by Crippen LogP contribution is 2.27. The molecule has 2 aromatic rings. The van der Waals surface area contributed by atoms with E-state index in [0.717, 1.165) is 11.3 Å². The molecule has 84 valence electrons. The number of aromatic hydroxyl groups is 1. The first-order valence-corrected chi connectivity index (χ1v) is 6.30. The number of hydrogen-bond donors (Lipinski definition) is 2. The fourth-order valence-electron chi connectivity index (χ4n) is 1.26. The first kappa shape index (κ1) is 11.3. The smallest absolute Gasteiger partial charge is 0.269 e. The van der Waals surface area contributed by atoms with E-state index < -0.39 is 0 Å². The van der Waals surface area contributed by atoms with Crippen LogP contribution in [-0.2, 0) is 6.42 Å². The second kappa shape index (κ2) is 4.39. The SMILES string of the molecule is CCc1ccc(-c2nc(O)c(Br)c(=O)[nH]2)s1. The summed E-state index contributed by atoms with van der Waals surface area (Å²) in [5.41, 5.74) is -0.381. The van der Waals surface area contributed by atoms with Gasteiger partial charge in [0.15, 0.2) is 5.82 Å². The molecule has 16 heavy (non-hydrogen) atoms. The maximum absolute atomic E-state index is 11.4. The zero-order valence-electron chi connectivity index (χ0n) is 8.45. The van der Waals surface area contributed by atoms with Crippen molar-refractivity contribution in [3.8, 4) is 16.6 Å². The van der Waals surface area contributed by atoms with Gasteiger partial charge in [-0.05, 0) is 34.5 Å². The lowest BCUT2D eigenvalue weighted by Gasteiger charge is -1.99. The van der Waals surface area contributed by atoms with E-state index in [1.165, 1.54) is 4.88 Å². The topological polar surface area (TPSA) is 66.0 Å². The van der Waals surface area contributed by atoms with E-state index >= 15 is 0 Å². The van der Waals surface area contributed by atoms with Gasteiger partial charge in [-0.3, -0.25) is 4.79 Å². The van der Waals surface area contributed by atoms with E-state index in [4.69, 9.17) is 0 Å². The van der Waals surface area contributed by atoms with E-state index in [-0.39, 0.29) is 15.9 Å². The quantitative estimate of drug-likeness (QED) is 0.896. The monoisotopic (exact) mass is 300 g/mol. The first-order chi connectivity index (χ1) is 7.61. The Morgan fingerprint density at radius 2 is 2.31 bits per heavy atom. The predicted molar refractivity (Wildman–Crippen MR) is 66.9 cm³/mol. The molecule has 6 heteroatoms. The van der Waals surface area contributed by atoms with E-state index in [1.807, 2.05) is 12.1 Å². The van der Waals surface area contributed by atoms with Crippen LogP contribution in [0, 0.1) is 0 Å². The van der Waals surface area contributed by atoms with Crippen LogP contribution >= 0.6 is 27.3 Å². The average Bonchev–Trinajstić information content (AvgIpc) is 2.73. The van der Waals surface area contributed by atoms with Crippen LogP contribution in [0.2, 0.25) is 0 Å². The highest BCUT2D eigenvalue weighted by Gasteiger charge is 2.10. The number of aryl methyl sites for hydroxylation is 1. The molecule has 0 saturated carbocycles. The Balaban J connectivity index is 2.52. The molecule has 0 fully saturated rings. The summed E-state index contributed by atoms with van der Waals surface area (Å²) >= 11 is 4.50. The van der Waals surface area contributed by atoms with Crippen molar-refractivity contribution in [2.75, 3.05) is 0 Å². The van der Waals surface area contributed by atoms with E-state index in [9.17, 15) is 9.90 Å². The lowest BCUT2D eigenvalue weighted by atomic mass is 10.3. The Hall–Kier alpha value is -1.14. The molecule has 0 unspecified atom stereocenters. The number of hydrogen-bond acceptors (Lipinski definition) is 4. The minimum atomic E-state index is -0.381. The molecule has 0 amide bonds. The van der Waals surface area contributed by atoms with Gasteiger partial charge >= 0.3 is 0 Å². The summed E-state index contributed by atoms with van der Waals surface area (Å²) in [7, 11) is 0. The number of aromatic amines is 1. The lowest BCUT2D eigenvalue weighted by Crippen LogP contribution is -2.09. The number of halogens is 1. The van der Waals surface area contributed by atoms with Crippen molar-refractivity contribution in [1.29, 1.82) is 0 Å². The standard InChI is InChI=1S/C10H9BrN2O2S/c1-2-5-3-4-6(16-5)8-12-9(14)7(11)10(15)13-8/h3-4H,2H2,1H3,(H2,12,13,14,15). The largest absolute Gasteiger partial charge is 0.492 e. The molecule has 2 rings (SSSR count). The third kappa shape index (κ3) is 2.03. The predicted octanol–water partition coefficient (Wildman–Crippen LogP) is 2.53. The van der Waals surface area contributed by atoms with E-state index in [1.54, 1.807) is 11.3 Å². The van der Waals surface area contributed by atoms with Crippen molar-refractivity contribution in [3.05, 3.63) is 31.8 Å². The molecule has 2 N–H and O–H groups in total. The minimum absolute atomic E-state index is 0.0588. The van der Waals surface area contributed by atoms with Gasteiger partial charge in [-0.1, -0.05) is 6.92 Å². The summed E-state index contributed by atoms with van der Waals surface area (Å²) in [6.07, 6.45) is 0.942. The van der Waals surface area contributed by atoms with Crippen LogP contribution in [0.15, 0.2) is 21.4 Å². The fraction of sp³-hybridized carbons (Fsp3) is 0.200. The Morgan fingerprint density at radius 1 is 1.56 bits per heavy atom. The van der Waals surface area contributed by atoms with Crippen LogP contribution in [0.5, 0.6) is 5.88 Å². The normalized spacial score (nSPS) is 10.6. The number of aromatic nitrogens is 2. The molecule has 0 saturated heterocycles. The van der Waals surface area contributed by atoms with Gasteiger partial charge < -0.3 is 10.1 Å². The summed E-state index contributed by atoms with van der Waals surface area (Å²) in [6, 6.07) is 3.87. The number of nitrogens with zero attached hydrogens (tertiary/aromatic N) is 1. The van der Waals surface area contributed by atoms with Crippen molar-refractivity contribution < 1.29 is 5.11 Å². The number of rotatable bonds is 2. The molecule has 2 heterocycles. The summed E-state index contributed by atoms with van der Waals surface area (Å²) in [4.78, 5) is 20.0. The van der Waals surface area contributed by atoms with Crippen LogP contribution in [0.4, 0.5) is 0 Å². The Morgan fingerprint density at radius 3 is 2.88 bits per heavy atom. The van der Waals surface area contributed by atoms with Crippen LogP contribution in [0.3, 0.4) is 0 Å². The van der Waals surface area contributed by atoms with E-state index in [0.29, 0.717) is 5.82 Å². The van der Waals surface area contributed by atoms with Gasteiger partial charge in [0.25, 0.3) is 5.56 Å². The molecule has 0 aliphatic carbocycles. The maximum Gasteiger partial charge on any atom is 0.269 e. The molecule has 0 spiro atoms. The summed E-state index contributed by atoms with van der Waals surface area (Å²) in [5, 5.41) is 9.43. The molecule has 0 bridgehead atoms. The highest BCUT2D eigenvalue weighted by molar-refractivity contribution is 9.10. The van der Waals surface area contributed by atoms with Gasteiger partial charge in [0.2, 0.25) is 5.88 Å². The van der Waals surface area contributed by atoms with Crippen molar-refractivity contribution in [2.24, 2.45) is 0 Å².